The minimum absolute atomic E-state index is 0.00417. The van der Waals surface area contributed by atoms with E-state index >= 15 is 0 Å². The number of unbranched alkanes of at least 4 members (excludes halogenated alkanes) is 2. The second-order valence-electron chi connectivity index (χ2n) is 8.41. The second-order valence-corrected chi connectivity index (χ2v) is 10.1. The quantitative estimate of drug-likeness (QED) is 0.183. The number of nitrogens with one attached hydrogen (secondary N) is 1. The van der Waals surface area contributed by atoms with E-state index in [0.29, 0.717) is 22.2 Å². The summed E-state index contributed by atoms with van der Waals surface area (Å²) in [6.07, 6.45) is 4.69. The van der Waals surface area contributed by atoms with Crippen molar-refractivity contribution in [1.82, 2.24) is 4.90 Å². The van der Waals surface area contributed by atoms with Gasteiger partial charge in [-0.25, -0.2) is 0 Å². The average molecular weight is 517 g/mol. The van der Waals surface area contributed by atoms with Crippen molar-refractivity contribution in [3.8, 4) is 16.9 Å². The molecule has 1 fully saturated rings. The zero-order valence-corrected chi connectivity index (χ0v) is 21.7. The Balaban J connectivity index is 1.18. The first kappa shape index (κ1) is 25.7. The molecule has 0 aromatic heterocycles. The number of hydrogen-bond donors (Lipinski definition) is 1. The number of methoxy groups -OCH3 is 1. The van der Waals surface area contributed by atoms with Crippen molar-refractivity contribution in [2.75, 3.05) is 19.0 Å². The van der Waals surface area contributed by atoms with Gasteiger partial charge in [-0.15, -0.1) is 0 Å². The molecule has 1 saturated heterocycles. The van der Waals surface area contributed by atoms with Gasteiger partial charge in [0.2, 0.25) is 5.91 Å². The van der Waals surface area contributed by atoms with Crippen LogP contribution in [0, 0.1) is 0 Å². The Hall–Kier alpha value is -3.42. The average Bonchev–Trinajstić information content (AvgIpc) is 3.17. The highest BCUT2D eigenvalue weighted by Crippen LogP contribution is 2.33. The number of hydrogen-bond acceptors (Lipinski definition) is 5. The van der Waals surface area contributed by atoms with Crippen LogP contribution in [0.1, 0.15) is 31.2 Å². The molecule has 3 aromatic rings. The molecule has 0 bridgehead atoms. The fourth-order valence-corrected chi connectivity index (χ4v) is 5.19. The molecule has 0 aliphatic carbocycles. The number of carbonyl (C=O) groups is 2. The third-order valence-corrected chi connectivity index (χ3v) is 7.23. The maximum absolute atomic E-state index is 12.8. The lowest BCUT2D eigenvalue weighted by Crippen LogP contribution is -2.29. The van der Waals surface area contributed by atoms with Gasteiger partial charge in [-0.05, 0) is 59.9 Å². The molecule has 7 heteroatoms. The van der Waals surface area contributed by atoms with E-state index in [0.717, 1.165) is 47.4 Å². The maximum Gasteiger partial charge on any atom is 0.266 e. The minimum atomic E-state index is -0.0579. The van der Waals surface area contributed by atoms with E-state index in [9.17, 15) is 9.59 Å². The number of anilines is 1. The topological polar surface area (TPSA) is 58.6 Å². The van der Waals surface area contributed by atoms with E-state index in [2.05, 4.69) is 17.4 Å². The normalized spacial score (nSPS) is 14.4. The van der Waals surface area contributed by atoms with Crippen LogP contribution in [-0.2, 0) is 9.59 Å². The summed E-state index contributed by atoms with van der Waals surface area (Å²) in [6, 6.07) is 25.6. The molecule has 1 aliphatic heterocycles. The summed E-state index contributed by atoms with van der Waals surface area (Å²) < 4.78 is 5.76. The molecular weight excluding hydrogens is 488 g/mol. The third-order valence-electron chi connectivity index (χ3n) is 5.85. The number of benzene rings is 3. The summed E-state index contributed by atoms with van der Waals surface area (Å²) >= 11 is 6.76. The Morgan fingerprint density at radius 1 is 0.944 bits per heavy atom. The highest BCUT2D eigenvalue weighted by molar-refractivity contribution is 8.26. The van der Waals surface area contributed by atoms with Gasteiger partial charge in [0.25, 0.3) is 5.91 Å². The van der Waals surface area contributed by atoms with Gasteiger partial charge in [0.05, 0.1) is 12.0 Å². The Labute approximate surface area is 221 Å². The van der Waals surface area contributed by atoms with E-state index in [-0.39, 0.29) is 11.8 Å². The summed E-state index contributed by atoms with van der Waals surface area (Å²) in [5.74, 6) is 0.711. The molecule has 0 atom stereocenters. The smallest absolute Gasteiger partial charge is 0.266 e. The lowest BCUT2D eigenvalue weighted by Gasteiger charge is -2.14. The van der Waals surface area contributed by atoms with E-state index in [4.69, 9.17) is 17.0 Å². The van der Waals surface area contributed by atoms with Gasteiger partial charge in [-0.1, -0.05) is 85.0 Å². The predicted molar refractivity (Wildman–Crippen MR) is 152 cm³/mol. The first-order valence-electron chi connectivity index (χ1n) is 11.9. The van der Waals surface area contributed by atoms with Crippen molar-refractivity contribution in [2.24, 2.45) is 0 Å². The standard InChI is InChI=1S/C29H28N2O3S2/c1-34-25-17-11-21(12-18-25)20-26-28(33)31(29(35)36-26)19-7-3-6-10-27(32)30-24-15-13-23(14-16-24)22-8-4-2-5-9-22/h2,4-5,8-9,11-18,20H,3,6-7,10,19H2,1H3,(H,30,32). The Morgan fingerprint density at radius 3 is 2.33 bits per heavy atom. The molecular formula is C29H28N2O3S2. The summed E-state index contributed by atoms with van der Waals surface area (Å²) in [5, 5.41) is 2.96. The highest BCUT2D eigenvalue weighted by atomic mass is 32.2. The molecule has 36 heavy (non-hydrogen) atoms. The van der Waals surface area contributed by atoms with Crippen LogP contribution in [0.15, 0.2) is 83.8 Å². The van der Waals surface area contributed by atoms with E-state index < -0.39 is 0 Å². The highest BCUT2D eigenvalue weighted by Gasteiger charge is 2.31. The summed E-state index contributed by atoms with van der Waals surface area (Å²) in [4.78, 5) is 27.4. The summed E-state index contributed by atoms with van der Waals surface area (Å²) in [5.41, 5.74) is 3.98. The number of thiocarbonyl (C=S) groups is 1. The molecule has 1 heterocycles. The molecule has 4 rings (SSSR count). The lowest BCUT2D eigenvalue weighted by atomic mass is 10.1. The van der Waals surface area contributed by atoms with Crippen LogP contribution in [0.2, 0.25) is 0 Å². The van der Waals surface area contributed by atoms with Crippen LogP contribution < -0.4 is 10.1 Å². The summed E-state index contributed by atoms with van der Waals surface area (Å²) in [7, 11) is 1.62. The van der Waals surface area contributed by atoms with Crippen LogP contribution in [0.4, 0.5) is 5.69 Å². The van der Waals surface area contributed by atoms with Crippen LogP contribution in [0.5, 0.6) is 5.75 Å². The molecule has 3 aromatic carbocycles. The SMILES string of the molecule is COc1ccc(C=C2SC(=S)N(CCCCCC(=O)Nc3ccc(-c4ccccc4)cc3)C2=O)cc1. The minimum Gasteiger partial charge on any atom is -0.497 e. The molecule has 0 radical (unpaired) electrons. The van der Waals surface area contributed by atoms with Crippen molar-refractivity contribution < 1.29 is 14.3 Å². The summed E-state index contributed by atoms with van der Waals surface area (Å²) in [6.45, 7) is 0.563. The molecule has 0 spiro atoms. The Kier molecular flexibility index (Phi) is 8.92. The molecule has 1 N–H and O–H groups in total. The molecule has 5 nitrogen and oxygen atoms in total. The van der Waals surface area contributed by atoms with Crippen molar-refractivity contribution in [3.63, 3.8) is 0 Å². The van der Waals surface area contributed by atoms with E-state index in [1.54, 1.807) is 12.0 Å². The van der Waals surface area contributed by atoms with Crippen molar-refractivity contribution in [1.29, 1.82) is 0 Å². The van der Waals surface area contributed by atoms with E-state index in [1.165, 1.54) is 11.8 Å². The zero-order chi connectivity index (χ0) is 25.3. The predicted octanol–water partition coefficient (Wildman–Crippen LogP) is 6.76. The molecule has 0 unspecified atom stereocenters. The van der Waals surface area contributed by atoms with Gasteiger partial charge in [0.1, 0.15) is 10.1 Å². The van der Waals surface area contributed by atoms with E-state index in [1.807, 2.05) is 72.8 Å². The van der Waals surface area contributed by atoms with Crippen LogP contribution in [-0.4, -0.2) is 34.7 Å². The number of ether oxygens (including phenoxy) is 1. The first-order chi connectivity index (χ1) is 17.5. The fourth-order valence-electron chi connectivity index (χ4n) is 3.88. The van der Waals surface area contributed by atoms with Gasteiger partial charge in [0.15, 0.2) is 0 Å². The van der Waals surface area contributed by atoms with Crippen LogP contribution in [0.3, 0.4) is 0 Å². The maximum atomic E-state index is 12.8. The number of carbonyl (C=O) groups excluding carboxylic acids is 2. The van der Waals surface area contributed by atoms with Gasteiger partial charge < -0.3 is 10.1 Å². The lowest BCUT2D eigenvalue weighted by molar-refractivity contribution is -0.122. The monoisotopic (exact) mass is 516 g/mol. The largest absolute Gasteiger partial charge is 0.497 e. The van der Waals surface area contributed by atoms with Crippen LogP contribution in [0.25, 0.3) is 17.2 Å². The van der Waals surface area contributed by atoms with Crippen molar-refractivity contribution in [2.45, 2.75) is 25.7 Å². The number of thioether (sulfide) groups is 1. The molecule has 2 amide bonds. The van der Waals surface area contributed by atoms with Gasteiger partial charge in [-0.3, -0.25) is 14.5 Å². The fraction of sp³-hybridized carbons (Fsp3) is 0.207. The second kappa shape index (κ2) is 12.5. The van der Waals surface area contributed by atoms with Crippen molar-refractivity contribution >= 4 is 51.9 Å². The Morgan fingerprint density at radius 2 is 1.64 bits per heavy atom. The van der Waals surface area contributed by atoms with Gasteiger partial charge >= 0.3 is 0 Å². The molecule has 184 valence electrons. The Bertz CT molecular complexity index is 1240. The molecule has 0 saturated carbocycles. The van der Waals surface area contributed by atoms with Crippen LogP contribution >= 0.6 is 24.0 Å². The third kappa shape index (κ3) is 6.83. The van der Waals surface area contributed by atoms with Gasteiger partial charge in [-0.2, -0.15) is 0 Å². The van der Waals surface area contributed by atoms with Crippen molar-refractivity contribution in [3.05, 3.63) is 89.3 Å². The number of rotatable bonds is 10. The number of amides is 2. The number of nitrogens with zero attached hydrogens (tertiary/aromatic N) is 1. The van der Waals surface area contributed by atoms with Gasteiger partial charge in [0, 0.05) is 18.7 Å². The zero-order valence-electron chi connectivity index (χ0n) is 20.1. The first-order valence-corrected chi connectivity index (χ1v) is 13.1. The molecule has 1 aliphatic rings.